The molecule has 5 heteroatoms. The van der Waals surface area contributed by atoms with Crippen LogP contribution >= 0.6 is 0 Å². The monoisotopic (exact) mass is 213 g/mol. The summed E-state index contributed by atoms with van der Waals surface area (Å²) in [4.78, 5) is 25.3. The Morgan fingerprint density at radius 2 is 2.33 bits per heavy atom. The molecular formula is C10H15NO4. The second-order valence-corrected chi connectivity index (χ2v) is 3.90. The van der Waals surface area contributed by atoms with Gasteiger partial charge in [-0.25, -0.2) is 0 Å². The van der Waals surface area contributed by atoms with Gasteiger partial charge in [-0.05, 0) is 0 Å². The minimum Gasteiger partial charge on any atom is -0.468 e. The van der Waals surface area contributed by atoms with Crippen LogP contribution in [0, 0.1) is 5.92 Å². The second kappa shape index (κ2) is 4.28. The number of hydrogen-bond donors (Lipinski definition) is 0. The minimum absolute atomic E-state index is 0.0198. The van der Waals surface area contributed by atoms with Crippen LogP contribution in [0.3, 0.4) is 0 Å². The standard InChI is InChI=1S/C10H15NO4/c1-14-10(13)9-7-6-15-5-4-11(7)3-2-8(9)12/h7,9H,2-6H2,1H3/t7-,9-/m0/s1. The highest BCUT2D eigenvalue weighted by Gasteiger charge is 2.43. The van der Waals surface area contributed by atoms with Gasteiger partial charge in [0.05, 0.1) is 26.4 Å². The second-order valence-electron chi connectivity index (χ2n) is 3.90. The van der Waals surface area contributed by atoms with Gasteiger partial charge in [0.15, 0.2) is 0 Å². The Bertz CT molecular complexity index is 271. The van der Waals surface area contributed by atoms with Gasteiger partial charge in [-0.1, -0.05) is 0 Å². The lowest BCUT2D eigenvalue weighted by molar-refractivity contribution is -0.159. The molecule has 2 rings (SSSR count). The minimum atomic E-state index is -0.649. The molecule has 0 aromatic carbocycles. The maximum atomic E-state index is 11.7. The van der Waals surface area contributed by atoms with Gasteiger partial charge in [-0.3, -0.25) is 14.5 Å². The van der Waals surface area contributed by atoms with Crippen LogP contribution in [0.15, 0.2) is 0 Å². The number of Topliss-reactive ketones (excluding diaryl/α,β-unsaturated/α-hetero) is 1. The summed E-state index contributed by atoms with van der Waals surface area (Å²) in [5.74, 6) is -1.10. The van der Waals surface area contributed by atoms with Gasteiger partial charge in [0.1, 0.15) is 11.7 Å². The van der Waals surface area contributed by atoms with Gasteiger partial charge >= 0.3 is 5.97 Å². The first-order chi connectivity index (χ1) is 7.24. The van der Waals surface area contributed by atoms with Crippen molar-refractivity contribution in [3.05, 3.63) is 0 Å². The summed E-state index contributed by atoms with van der Waals surface area (Å²) in [5.41, 5.74) is 0. The van der Waals surface area contributed by atoms with E-state index in [2.05, 4.69) is 9.64 Å². The molecule has 0 aromatic rings. The normalized spacial score (nSPS) is 32.2. The molecule has 0 amide bonds. The number of carbonyl (C=O) groups is 2. The Kier molecular flexibility index (Phi) is 3.02. The van der Waals surface area contributed by atoms with E-state index < -0.39 is 11.9 Å². The molecule has 2 aliphatic rings. The summed E-state index contributed by atoms with van der Waals surface area (Å²) < 4.78 is 9.98. The number of ketones is 1. The van der Waals surface area contributed by atoms with Gasteiger partial charge < -0.3 is 9.47 Å². The van der Waals surface area contributed by atoms with Crippen molar-refractivity contribution >= 4 is 11.8 Å². The molecule has 0 radical (unpaired) electrons. The van der Waals surface area contributed by atoms with Crippen LogP contribution in [0.5, 0.6) is 0 Å². The molecule has 2 saturated heterocycles. The molecule has 0 saturated carbocycles. The molecule has 15 heavy (non-hydrogen) atoms. The Morgan fingerprint density at radius 3 is 3.07 bits per heavy atom. The third kappa shape index (κ3) is 1.89. The zero-order chi connectivity index (χ0) is 10.8. The Balaban J connectivity index is 2.16. The third-order valence-corrected chi connectivity index (χ3v) is 3.11. The number of hydrogen-bond acceptors (Lipinski definition) is 5. The number of carbonyl (C=O) groups excluding carboxylic acids is 2. The van der Waals surface area contributed by atoms with Crippen molar-refractivity contribution in [1.82, 2.24) is 4.90 Å². The lowest BCUT2D eigenvalue weighted by Crippen LogP contribution is -2.57. The lowest BCUT2D eigenvalue weighted by Gasteiger charge is -2.41. The summed E-state index contributed by atoms with van der Waals surface area (Å²) in [6, 6.07) is -0.118. The molecule has 2 fully saturated rings. The number of ether oxygens (including phenoxy) is 2. The van der Waals surface area contributed by atoms with E-state index in [1.807, 2.05) is 0 Å². The summed E-state index contributed by atoms with van der Waals surface area (Å²) in [6.07, 6.45) is 0.441. The summed E-state index contributed by atoms with van der Waals surface area (Å²) in [6.45, 7) is 2.66. The van der Waals surface area contributed by atoms with Gasteiger partial charge in [0.25, 0.3) is 0 Å². The van der Waals surface area contributed by atoms with Crippen LogP contribution in [0.25, 0.3) is 0 Å². The van der Waals surface area contributed by atoms with Crippen LogP contribution in [0.2, 0.25) is 0 Å². The van der Waals surface area contributed by atoms with Crippen LogP contribution in [0.4, 0.5) is 0 Å². The summed E-state index contributed by atoms with van der Waals surface area (Å²) in [7, 11) is 1.32. The zero-order valence-corrected chi connectivity index (χ0v) is 8.77. The van der Waals surface area contributed by atoms with Crippen molar-refractivity contribution < 1.29 is 19.1 Å². The van der Waals surface area contributed by atoms with E-state index in [1.54, 1.807) is 0 Å². The van der Waals surface area contributed by atoms with Gasteiger partial charge in [-0.2, -0.15) is 0 Å². The molecule has 0 bridgehead atoms. The molecular weight excluding hydrogens is 198 g/mol. The Morgan fingerprint density at radius 1 is 1.53 bits per heavy atom. The molecule has 0 aromatic heterocycles. The number of rotatable bonds is 1. The van der Waals surface area contributed by atoms with Gasteiger partial charge in [-0.15, -0.1) is 0 Å². The van der Waals surface area contributed by atoms with E-state index in [0.29, 0.717) is 19.6 Å². The first-order valence-electron chi connectivity index (χ1n) is 5.16. The van der Waals surface area contributed by atoms with Crippen LogP contribution in [-0.4, -0.2) is 56.1 Å². The number of esters is 1. The van der Waals surface area contributed by atoms with E-state index >= 15 is 0 Å². The maximum Gasteiger partial charge on any atom is 0.317 e. The third-order valence-electron chi connectivity index (χ3n) is 3.11. The van der Waals surface area contributed by atoms with Crippen molar-refractivity contribution in [2.45, 2.75) is 12.5 Å². The van der Waals surface area contributed by atoms with Crippen molar-refractivity contribution in [2.24, 2.45) is 5.92 Å². The van der Waals surface area contributed by atoms with Crippen molar-refractivity contribution in [3.63, 3.8) is 0 Å². The van der Waals surface area contributed by atoms with E-state index in [9.17, 15) is 9.59 Å². The SMILES string of the molecule is COC(=O)[C@@H]1C(=O)CCN2CCOC[C@@H]12. The topological polar surface area (TPSA) is 55.8 Å². The molecule has 2 aliphatic heterocycles. The van der Waals surface area contributed by atoms with Crippen molar-refractivity contribution in [2.75, 3.05) is 33.4 Å². The molecule has 0 spiro atoms. The maximum absolute atomic E-state index is 11.7. The average Bonchev–Trinajstić information content (AvgIpc) is 2.28. The highest BCUT2D eigenvalue weighted by atomic mass is 16.5. The number of morpholine rings is 1. The predicted molar refractivity (Wildman–Crippen MR) is 51.3 cm³/mol. The Hall–Kier alpha value is -0.940. The summed E-state index contributed by atoms with van der Waals surface area (Å²) in [5, 5.41) is 0. The fourth-order valence-electron chi connectivity index (χ4n) is 2.28. The molecule has 0 unspecified atom stereocenters. The molecule has 2 heterocycles. The Labute approximate surface area is 88.3 Å². The fraction of sp³-hybridized carbons (Fsp3) is 0.800. The number of piperidine rings is 1. The fourth-order valence-corrected chi connectivity index (χ4v) is 2.28. The molecule has 2 atom stereocenters. The first kappa shape index (κ1) is 10.6. The smallest absolute Gasteiger partial charge is 0.317 e. The number of methoxy groups -OCH3 is 1. The van der Waals surface area contributed by atoms with Crippen LogP contribution in [0.1, 0.15) is 6.42 Å². The predicted octanol–water partition coefficient (Wildman–Crippen LogP) is -0.551. The van der Waals surface area contributed by atoms with Crippen molar-refractivity contribution in [3.8, 4) is 0 Å². The molecule has 0 N–H and O–H groups in total. The van der Waals surface area contributed by atoms with E-state index in [1.165, 1.54) is 7.11 Å². The van der Waals surface area contributed by atoms with Crippen molar-refractivity contribution in [1.29, 1.82) is 0 Å². The van der Waals surface area contributed by atoms with E-state index in [4.69, 9.17) is 4.74 Å². The highest BCUT2D eigenvalue weighted by Crippen LogP contribution is 2.24. The quantitative estimate of drug-likeness (QED) is 0.432. The van der Waals surface area contributed by atoms with Crippen LogP contribution in [-0.2, 0) is 19.1 Å². The number of nitrogens with zero attached hydrogens (tertiary/aromatic N) is 1. The highest BCUT2D eigenvalue weighted by molar-refractivity contribution is 6.00. The van der Waals surface area contributed by atoms with Gasteiger partial charge in [0.2, 0.25) is 0 Å². The van der Waals surface area contributed by atoms with E-state index in [-0.39, 0.29) is 11.8 Å². The molecule has 84 valence electrons. The largest absolute Gasteiger partial charge is 0.468 e. The average molecular weight is 213 g/mol. The first-order valence-corrected chi connectivity index (χ1v) is 5.16. The zero-order valence-electron chi connectivity index (χ0n) is 8.77. The molecule has 5 nitrogen and oxygen atoms in total. The van der Waals surface area contributed by atoms with Crippen LogP contribution < -0.4 is 0 Å². The van der Waals surface area contributed by atoms with E-state index in [0.717, 1.165) is 13.1 Å². The summed E-state index contributed by atoms with van der Waals surface area (Å²) >= 11 is 0. The number of fused-ring (bicyclic) bond motifs is 1. The van der Waals surface area contributed by atoms with Gasteiger partial charge in [0, 0.05) is 19.5 Å². The molecule has 0 aliphatic carbocycles. The lowest BCUT2D eigenvalue weighted by atomic mass is 9.87.